The summed E-state index contributed by atoms with van der Waals surface area (Å²) in [5.74, 6) is 1.66. The van der Waals surface area contributed by atoms with E-state index in [0.717, 1.165) is 31.2 Å². The molecule has 186 valence electrons. The summed E-state index contributed by atoms with van der Waals surface area (Å²) < 4.78 is 49.4. The zero-order valence-corrected chi connectivity index (χ0v) is 20.8. The quantitative estimate of drug-likeness (QED) is 0.514. The lowest BCUT2D eigenvalue weighted by Crippen LogP contribution is -2.32. The molecule has 9 nitrogen and oxygen atoms in total. The molecule has 34 heavy (non-hydrogen) atoms. The van der Waals surface area contributed by atoms with Gasteiger partial charge >= 0.3 is 0 Å². The minimum Gasteiger partial charge on any atom is -0.493 e. The summed E-state index contributed by atoms with van der Waals surface area (Å²) in [5, 5.41) is 0. The summed E-state index contributed by atoms with van der Waals surface area (Å²) in [7, 11) is 2.69. The molecule has 1 fully saturated rings. The van der Waals surface area contributed by atoms with E-state index in [-0.39, 0.29) is 23.5 Å². The number of nitrogens with zero attached hydrogens (tertiary/aromatic N) is 1. The second-order valence-corrected chi connectivity index (χ2v) is 9.86. The molecule has 10 heteroatoms. The van der Waals surface area contributed by atoms with Gasteiger partial charge in [-0.2, -0.15) is 0 Å². The zero-order valence-electron chi connectivity index (χ0n) is 20.0. The molecular formula is C24H32N2O7S. The number of methoxy groups -OCH3 is 3. The second-order valence-electron chi connectivity index (χ2n) is 8.15. The first kappa shape index (κ1) is 25.6. The Morgan fingerprint density at radius 2 is 1.59 bits per heavy atom. The van der Waals surface area contributed by atoms with Crippen LogP contribution >= 0.6 is 0 Å². The van der Waals surface area contributed by atoms with Gasteiger partial charge in [-0.15, -0.1) is 0 Å². The number of likely N-dealkylation sites (N-methyl/N-ethyl adjacent to an activating group) is 1. The predicted molar refractivity (Wildman–Crippen MR) is 127 cm³/mol. The minimum absolute atomic E-state index is 0.000256. The molecule has 0 spiro atoms. The van der Waals surface area contributed by atoms with E-state index in [9.17, 15) is 13.2 Å². The van der Waals surface area contributed by atoms with Gasteiger partial charge in [-0.25, -0.2) is 13.1 Å². The van der Waals surface area contributed by atoms with Gasteiger partial charge in [0.15, 0.2) is 18.1 Å². The van der Waals surface area contributed by atoms with Crippen molar-refractivity contribution in [3.63, 3.8) is 0 Å². The SMILES string of the molecule is COc1cc(CN(C)C(=O)COc2ccc(S(=O)(=O)NC3CCCC3)cc2)cc(OC)c1OC. The van der Waals surface area contributed by atoms with E-state index in [1.54, 1.807) is 31.3 Å². The van der Waals surface area contributed by atoms with Crippen LogP contribution in [-0.4, -0.2) is 60.3 Å². The van der Waals surface area contributed by atoms with Crippen molar-refractivity contribution in [1.29, 1.82) is 0 Å². The summed E-state index contributed by atoms with van der Waals surface area (Å²) in [4.78, 5) is 14.3. The fourth-order valence-corrected chi connectivity index (χ4v) is 5.20. The van der Waals surface area contributed by atoms with Crippen molar-refractivity contribution < 1.29 is 32.2 Å². The molecule has 1 amide bonds. The third-order valence-electron chi connectivity index (χ3n) is 5.74. The number of carbonyl (C=O) groups excluding carboxylic acids is 1. The van der Waals surface area contributed by atoms with Gasteiger partial charge in [0, 0.05) is 19.6 Å². The standard InChI is InChI=1S/C24H32N2O7S/c1-26(15-17-13-21(30-2)24(32-4)22(14-17)31-3)23(27)16-33-19-9-11-20(12-10-19)34(28,29)25-18-7-5-6-8-18/h9-14,18,25H,5-8,15-16H2,1-4H3. The van der Waals surface area contributed by atoms with Crippen LogP contribution in [0.4, 0.5) is 0 Å². The highest BCUT2D eigenvalue weighted by atomic mass is 32.2. The summed E-state index contributed by atoms with van der Waals surface area (Å²) in [6.07, 6.45) is 3.82. The fraction of sp³-hybridized carbons (Fsp3) is 0.458. The number of carbonyl (C=O) groups is 1. The number of rotatable bonds is 11. The maximum Gasteiger partial charge on any atom is 0.260 e. The molecule has 0 aromatic heterocycles. The van der Waals surface area contributed by atoms with Gasteiger partial charge in [0.1, 0.15) is 5.75 Å². The Balaban J connectivity index is 1.57. The van der Waals surface area contributed by atoms with Crippen LogP contribution in [0.25, 0.3) is 0 Å². The van der Waals surface area contributed by atoms with Crippen molar-refractivity contribution in [2.75, 3.05) is 35.0 Å². The molecular weight excluding hydrogens is 460 g/mol. The Bertz CT molecular complexity index is 1060. The van der Waals surface area contributed by atoms with E-state index in [2.05, 4.69) is 4.72 Å². The van der Waals surface area contributed by atoms with Gasteiger partial charge in [-0.1, -0.05) is 12.8 Å². The lowest BCUT2D eigenvalue weighted by Gasteiger charge is -2.20. The molecule has 2 aromatic carbocycles. The first-order chi connectivity index (χ1) is 16.3. The summed E-state index contributed by atoms with van der Waals surface area (Å²) in [6, 6.07) is 9.63. The Morgan fingerprint density at radius 3 is 2.12 bits per heavy atom. The number of benzene rings is 2. The first-order valence-corrected chi connectivity index (χ1v) is 12.5. The molecule has 1 aliphatic carbocycles. The van der Waals surface area contributed by atoms with Crippen LogP contribution in [0.2, 0.25) is 0 Å². The number of nitrogens with one attached hydrogen (secondary N) is 1. The lowest BCUT2D eigenvalue weighted by molar-refractivity contribution is -0.132. The summed E-state index contributed by atoms with van der Waals surface area (Å²) in [5.41, 5.74) is 0.801. The molecule has 0 unspecified atom stereocenters. The highest BCUT2D eigenvalue weighted by molar-refractivity contribution is 7.89. The maximum absolute atomic E-state index is 12.6. The molecule has 0 bridgehead atoms. The average molecular weight is 493 g/mol. The first-order valence-electron chi connectivity index (χ1n) is 11.1. The monoisotopic (exact) mass is 492 g/mol. The van der Waals surface area contributed by atoms with Gasteiger partial charge in [0.2, 0.25) is 15.8 Å². The van der Waals surface area contributed by atoms with Crippen molar-refractivity contribution in [2.45, 2.75) is 43.2 Å². The van der Waals surface area contributed by atoms with Crippen molar-refractivity contribution in [3.8, 4) is 23.0 Å². The van der Waals surface area contributed by atoms with Gasteiger partial charge < -0.3 is 23.8 Å². The molecule has 1 N–H and O–H groups in total. The van der Waals surface area contributed by atoms with Crippen LogP contribution in [0.15, 0.2) is 41.3 Å². The largest absolute Gasteiger partial charge is 0.493 e. The zero-order chi connectivity index (χ0) is 24.7. The topological polar surface area (TPSA) is 103 Å². The molecule has 0 saturated heterocycles. The third-order valence-corrected chi connectivity index (χ3v) is 7.28. The van der Waals surface area contributed by atoms with Crippen LogP contribution < -0.4 is 23.7 Å². The molecule has 0 heterocycles. The van der Waals surface area contributed by atoms with E-state index in [0.29, 0.717) is 29.5 Å². The normalized spacial score (nSPS) is 14.0. The van der Waals surface area contributed by atoms with Gasteiger partial charge in [-0.3, -0.25) is 4.79 Å². The fourth-order valence-electron chi connectivity index (χ4n) is 3.89. The molecule has 0 aliphatic heterocycles. The van der Waals surface area contributed by atoms with Crippen molar-refractivity contribution in [2.24, 2.45) is 0 Å². The molecule has 1 aliphatic rings. The predicted octanol–water partition coefficient (Wildman–Crippen LogP) is 2.97. The Hall–Kier alpha value is -2.98. The molecule has 1 saturated carbocycles. The molecule has 2 aromatic rings. The highest BCUT2D eigenvalue weighted by Crippen LogP contribution is 2.38. The summed E-state index contributed by atoms with van der Waals surface area (Å²) >= 11 is 0. The number of sulfonamides is 1. The molecule has 0 atom stereocenters. The van der Waals surface area contributed by atoms with E-state index < -0.39 is 10.0 Å². The van der Waals surface area contributed by atoms with Crippen LogP contribution in [0.5, 0.6) is 23.0 Å². The lowest BCUT2D eigenvalue weighted by atomic mass is 10.1. The van der Waals surface area contributed by atoms with Crippen LogP contribution in [-0.2, 0) is 21.4 Å². The third kappa shape index (κ3) is 6.32. The van der Waals surface area contributed by atoms with E-state index >= 15 is 0 Å². The van der Waals surface area contributed by atoms with Gasteiger partial charge in [0.05, 0.1) is 26.2 Å². The summed E-state index contributed by atoms with van der Waals surface area (Å²) in [6.45, 7) is 0.121. The van der Waals surface area contributed by atoms with Crippen LogP contribution in [0, 0.1) is 0 Å². The van der Waals surface area contributed by atoms with E-state index in [1.807, 2.05) is 0 Å². The number of amides is 1. The Morgan fingerprint density at radius 1 is 1.00 bits per heavy atom. The number of hydrogen-bond donors (Lipinski definition) is 1. The Labute approximate surface area is 201 Å². The van der Waals surface area contributed by atoms with Gasteiger partial charge in [-0.05, 0) is 54.8 Å². The van der Waals surface area contributed by atoms with Crippen molar-refractivity contribution in [1.82, 2.24) is 9.62 Å². The molecule has 3 rings (SSSR count). The number of hydrogen-bond acceptors (Lipinski definition) is 7. The van der Waals surface area contributed by atoms with E-state index in [1.165, 1.54) is 38.4 Å². The van der Waals surface area contributed by atoms with Crippen molar-refractivity contribution in [3.05, 3.63) is 42.0 Å². The van der Waals surface area contributed by atoms with Gasteiger partial charge in [0.25, 0.3) is 5.91 Å². The second kappa shape index (κ2) is 11.4. The van der Waals surface area contributed by atoms with E-state index in [4.69, 9.17) is 18.9 Å². The minimum atomic E-state index is -3.57. The Kier molecular flexibility index (Phi) is 8.62. The van der Waals surface area contributed by atoms with Crippen LogP contribution in [0.1, 0.15) is 31.2 Å². The number of ether oxygens (including phenoxy) is 4. The maximum atomic E-state index is 12.6. The average Bonchev–Trinajstić information content (AvgIpc) is 3.34. The smallest absolute Gasteiger partial charge is 0.260 e. The van der Waals surface area contributed by atoms with Crippen LogP contribution in [0.3, 0.4) is 0 Å². The van der Waals surface area contributed by atoms with Crippen molar-refractivity contribution >= 4 is 15.9 Å². The molecule has 0 radical (unpaired) electrons. The highest BCUT2D eigenvalue weighted by Gasteiger charge is 2.23.